The normalized spacial score (nSPS) is 17.7. The minimum atomic E-state index is -3.32. The van der Waals surface area contributed by atoms with Crippen molar-refractivity contribution in [3.8, 4) is 5.82 Å². The second-order valence-electron chi connectivity index (χ2n) is 5.85. The van der Waals surface area contributed by atoms with Crippen LogP contribution in [0.4, 0.5) is 0 Å². The van der Waals surface area contributed by atoms with Gasteiger partial charge in [0.1, 0.15) is 12.1 Å². The molecule has 0 radical (unpaired) electrons. The fourth-order valence-corrected chi connectivity index (χ4v) is 3.95. The highest BCUT2D eigenvalue weighted by Crippen LogP contribution is 2.28. The van der Waals surface area contributed by atoms with Crippen molar-refractivity contribution in [1.29, 1.82) is 0 Å². The van der Waals surface area contributed by atoms with Crippen LogP contribution in [0.2, 0.25) is 0 Å². The fourth-order valence-electron chi connectivity index (χ4n) is 2.82. The molecule has 7 nitrogen and oxygen atoms in total. The Morgan fingerprint density at radius 2 is 1.96 bits per heavy atom. The largest absolute Gasteiger partial charge is 0.291 e. The first-order valence-corrected chi connectivity index (χ1v) is 9.01. The lowest BCUT2D eigenvalue weighted by Crippen LogP contribution is -2.44. The van der Waals surface area contributed by atoms with E-state index in [1.165, 1.54) is 4.31 Å². The lowest BCUT2D eigenvalue weighted by molar-refractivity contribution is 0.300. The van der Waals surface area contributed by atoms with Gasteiger partial charge in [-0.3, -0.25) is 4.57 Å². The van der Waals surface area contributed by atoms with Gasteiger partial charge in [0.05, 0.1) is 0 Å². The highest BCUT2D eigenvalue weighted by molar-refractivity contribution is 7.86. The van der Waals surface area contributed by atoms with Crippen LogP contribution in [0.25, 0.3) is 5.82 Å². The summed E-state index contributed by atoms with van der Waals surface area (Å²) in [6.07, 6.45) is 6.87. The maximum absolute atomic E-state index is 12.2. The minimum absolute atomic E-state index is 0.284. The van der Waals surface area contributed by atoms with Crippen molar-refractivity contribution in [3.63, 3.8) is 0 Å². The highest BCUT2D eigenvalue weighted by atomic mass is 32.2. The first kappa shape index (κ1) is 16.1. The predicted octanol–water partition coefficient (Wildman–Crippen LogP) is 1.25. The molecule has 0 N–H and O–H groups in total. The molecule has 0 spiro atoms. The molecule has 1 saturated heterocycles. The third-order valence-electron chi connectivity index (χ3n) is 4.18. The molecule has 0 saturated carbocycles. The van der Waals surface area contributed by atoms with Crippen LogP contribution in [-0.4, -0.2) is 58.7 Å². The van der Waals surface area contributed by atoms with E-state index in [1.807, 2.05) is 29.0 Å². The second-order valence-corrected chi connectivity index (χ2v) is 8.00. The summed E-state index contributed by atoms with van der Waals surface area (Å²) in [4.78, 5) is 8.74. The zero-order valence-electron chi connectivity index (χ0n) is 13.3. The van der Waals surface area contributed by atoms with Crippen molar-refractivity contribution < 1.29 is 8.42 Å². The highest BCUT2D eigenvalue weighted by Gasteiger charge is 2.30. The van der Waals surface area contributed by atoms with Crippen LogP contribution in [0.1, 0.15) is 24.5 Å². The first-order chi connectivity index (χ1) is 11.0. The number of pyridine rings is 1. The van der Waals surface area contributed by atoms with Crippen LogP contribution in [0.3, 0.4) is 0 Å². The van der Waals surface area contributed by atoms with Gasteiger partial charge in [-0.15, -0.1) is 0 Å². The lowest BCUT2D eigenvalue weighted by atomic mass is 9.94. The average molecular weight is 335 g/mol. The van der Waals surface area contributed by atoms with Crippen molar-refractivity contribution >= 4 is 10.2 Å². The molecule has 0 atom stereocenters. The van der Waals surface area contributed by atoms with E-state index in [2.05, 4.69) is 4.98 Å². The summed E-state index contributed by atoms with van der Waals surface area (Å²) in [5, 5.41) is 0. The van der Waals surface area contributed by atoms with Gasteiger partial charge in [-0.25, -0.2) is 9.97 Å². The van der Waals surface area contributed by atoms with Gasteiger partial charge in [0, 0.05) is 51.2 Å². The Morgan fingerprint density at radius 3 is 2.57 bits per heavy atom. The SMILES string of the molecule is CN(C)S(=O)(=O)N1CCC(c2cccc(-n3ccnc3)n2)CC1. The molecule has 8 heteroatoms. The summed E-state index contributed by atoms with van der Waals surface area (Å²) in [6.45, 7) is 1.06. The van der Waals surface area contributed by atoms with Gasteiger partial charge in [0.25, 0.3) is 10.2 Å². The van der Waals surface area contributed by atoms with Crippen molar-refractivity contribution in [2.45, 2.75) is 18.8 Å². The van der Waals surface area contributed by atoms with Crippen molar-refractivity contribution in [1.82, 2.24) is 23.1 Å². The Hall–Kier alpha value is -1.77. The average Bonchev–Trinajstić information content (AvgIpc) is 3.09. The Morgan fingerprint density at radius 1 is 1.22 bits per heavy atom. The zero-order valence-corrected chi connectivity index (χ0v) is 14.1. The maximum atomic E-state index is 12.2. The van der Waals surface area contributed by atoms with E-state index in [9.17, 15) is 8.42 Å². The van der Waals surface area contributed by atoms with Crippen LogP contribution in [0, 0.1) is 0 Å². The van der Waals surface area contributed by atoms with E-state index in [4.69, 9.17) is 4.98 Å². The predicted molar refractivity (Wildman–Crippen MR) is 87.5 cm³/mol. The molecule has 0 bridgehead atoms. The van der Waals surface area contributed by atoms with Crippen LogP contribution >= 0.6 is 0 Å². The Kier molecular flexibility index (Phi) is 4.47. The maximum Gasteiger partial charge on any atom is 0.281 e. The monoisotopic (exact) mass is 335 g/mol. The summed E-state index contributed by atoms with van der Waals surface area (Å²) in [7, 11) is -0.181. The molecule has 1 aliphatic rings. The lowest BCUT2D eigenvalue weighted by Gasteiger charge is -2.32. The number of piperidine rings is 1. The summed E-state index contributed by atoms with van der Waals surface area (Å²) >= 11 is 0. The first-order valence-electron chi connectivity index (χ1n) is 7.61. The summed E-state index contributed by atoms with van der Waals surface area (Å²) in [5.41, 5.74) is 1.01. The molecule has 1 aliphatic heterocycles. The van der Waals surface area contributed by atoms with Gasteiger partial charge < -0.3 is 0 Å². The quantitative estimate of drug-likeness (QED) is 0.843. The fraction of sp³-hybridized carbons (Fsp3) is 0.467. The number of hydrogen-bond donors (Lipinski definition) is 0. The minimum Gasteiger partial charge on any atom is -0.291 e. The van der Waals surface area contributed by atoms with E-state index < -0.39 is 10.2 Å². The van der Waals surface area contributed by atoms with Crippen molar-refractivity contribution in [3.05, 3.63) is 42.6 Å². The molecular formula is C15H21N5O2S. The zero-order chi connectivity index (χ0) is 16.4. The van der Waals surface area contributed by atoms with Gasteiger partial charge in [-0.05, 0) is 25.0 Å². The van der Waals surface area contributed by atoms with E-state index in [0.29, 0.717) is 13.1 Å². The summed E-state index contributed by atoms with van der Waals surface area (Å²) in [6, 6.07) is 5.94. The molecule has 0 unspecified atom stereocenters. The molecule has 0 aromatic carbocycles. The van der Waals surface area contributed by atoms with Gasteiger partial charge in [0.15, 0.2) is 0 Å². The van der Waals surface area contributed by atoms with E-state index in [-0.39, 0.29) is 5.92 Å². The van der Waals surface area contributed by atoms with E-state index in [1.54, 1.807) is 30.9 Å². The van der Waals surface area contributed by atoms with Gasteiger partial charge in [0.2, 0.25) is 0 Å². The number of aromatic nitrogens is 3. The van der Waals surface area contributed by atoms with Gasteiger partial charge in [-0.1, -0.05) is 6.07 Å². The molecule has 3 rings (SSSR count). The van der Waals surface area contributed by atoms with Gasteiger partial charge >= 0.3 is 0 Å². The molecule has 124 valence electrons. The molecule has 2 aromatic rings. The molecule has 2 aromatic heterocycles. The number of rotatable bonds is 4. The number of hydrogen-bond acceptors (Lipinski definition) is 4. The standard InChI is InChI=1S/C15H21N5O2S/c1-18(2)23(21,22)20-9-6-13(7-10-20)14-4-3-5-15(17-14)19-11-8-16-12-19/h3-5,8,11-13H,6-7,9-10H2,1-2H3. The molecule has 1 fully saturated rings. The third kappa shape index (κ3) is 3.29. The Bertz CT molecular complexity index is 750. The third-order valence-corrected chi connectivity index (χ3v) is 6.13. The summed E-state index contributed by atoms with van der Waals surface area (Å²) < 4.78 is 29.0. The molecular weight excluding hydrogens is 314 g/mol. The van der Waals surface area contributed by atoms with Crippen LogP contribution in [0.15, 0.2) is 36.9 Å². The van der Waals surface area contributed by atoms with Crippen molar-refractivity contribution in [2.24, 2.45) is 0 Å². The van der Waals surface area contributed by atoms with Crippen LogP contribution in [0.5, 0.6) is 0 Å². The summed E-state index contributed by atoms with van der Waals surface area (Å²) in [5.74, 6) is 1.12. The molecule has 3 heterocycles. The number of nitrogens with zero attached hydrogens (tertiary/aromatic N) is 5. The van der Waals surface area contributed by atoms with E-state index in [0.717, 1.165) is 24.4 Å². The molecule has 0 aliphatic carbocycles. The van der Waals surface area contributed by atoms with Crippen LogP contribution in [-0.2, 0) is 10.2 Å². The van der Waals surface area contributed by atoms with E-state index >= 15 is 0 Å². The molecule has 23 heavy (non-hydrogen) atoms. The van der Waals surface area contributed by atoms with Crippen molar-refractivity contribution in [2.75, 3.05) is 27.2 Å². The van der Waals surface area contributed by atoms with Crippen LogP contribution < -0.4 is 0 Å². The smallest absolute Gasteiger partial charge is 0.281 e. The molecule has 0 amide bonds. The van der Waals surface area contributed by atoms with Gasteiger partial charge in [-0.2, -0.15) is 17.0 Å². The number of imidazole rings is 1. The topological polar surface area (TPSA) is 71.3 Å². The Balaban J connectivity index is 1.72. The Labute approximate surface area is 136 Å². The second kappa shape index (κ2) is 6.38.